The van der Waals surface area contributed by atoms with Crippen LogP contribution in [0.15, 0.2) is 37.2 Å². The number of fused-ring (bicyclic) bond motifs is 2. The number of pyridine rings is 1. The number of rotatable bonds is 9. The molecule has 1 fully saturated rings. The maximum absolute atomic E-state index is 15.4. The van der Waals surface area contributed by atoms with Gasteiger partial charge in [-0.25, -0.2) is 8.78 Å². The number of methoxy groups -OCH3 is 2. The molecule has 1 unspecified atom stereocenters. The number of carbonyl (C=O) groups is 2. The number of likely N-dealkylation sites (N-methyl/N-ethyl adjacent to an activating group) is 1. The summed E-state index contributed by atoms with van der Waals surface area (Å²) in [7, 11) is 4.07. The third kappa shape index (κ3) is 4.36. The number of amides is 2. The first kappa shape index (κ1) is 27.2. The molecule has 13 heteroatoms. The van der Waals surface area contributed by atoms with Crippen molar-refractivity contribution in [1.82, 2.24) is 20.1 Å². The number of hydrogen-bond donors (Lipinski definition) is 3. The minimum Gasteiger partial charge on any atom is -0.493 e. The lowest BCUT2D eigenvalue weighted by atomic mass is 9.86. The van der Waals surface area contributed by atoms with E-state index in [0.29, 0.717) is 41.0 Å². The first-order valence-electron chi connectivity index (χ1n) is 12.4. The molecule has 2 aliphatic rings. The topological polar surface area (TPSA) is 131 Å². The molecule has 5 rings (SSSR count). The van der Waals surface area contributed by atoms with E-state index in [9.17, 15) is 14.7 Å². The van der Waals surface area contributed by atoms with E-state index in [1.165, 1.54) is 25.1 Å². The van der Waals surface area contributed by atoms with E-state index in [-0.39, 0.29) is 24.6 Å². The SMILES string of the molecule is C=CC(=O)Nc1cnn(CC(O)NC)c1-c1cc2c(cn1)CN(c1c(F)c(OC)cc(OC)c1F)C(=O)C21CC1. The number of aromatic nitrogens is 3. The Morgan fingerprint density at radius 3 is 2.48 bits per heavy atom. The van der Waals surface area contributed by atoms with Crippen molar-refractivity contribution in [2.24, 2.45) is 0 Å². The van der Waals surface area contributed by atoms with Gasteiger partial charge in [-0.3, -0.25) is 24.6 Å². The van der Waals surface area contributed by atoms with Gasteiger partial charge in [0.25, 0.3) is 0 Å². The Kier molecular flexibility index (Phi) is 7.02. The van der Waals surface area contributed by atoms with Gasteiger partial charge >= 0.3 is 0 Å². The van der Waals surface area contributed by atoms with E-state index in [0.717, 1.165) is 17.0 Å². The van der Waals surface area contributed by atoms with Crippen LogP contribution < -0.4 is 25.0 Å². The molecule has 1 aromatic carbocycles. The van der Waals surface area contributed by atoms with Crippen LogP contribution in [0.4, 0.5) is 20.2 Å². The molecule has 0 bridgehead atoms. The highest BCUT2D eigenvalue weighted by Crippen LogP contribution is 2.55. The molecule has 3 heterocycles. The van der Waals surface area contributed by atoms with Gasteiger partial charge in [0.05, 0.1) is 50.3 Å². The van der Waals surface area contributed by atoms with E-state index in [1.807, 2.05) is 0 Å². The molecule has 210 valence electrons. The van der Waals surface area contributed by atoms with Crippen LogP contribution in [0.5, 0.6) is 11.5 Å². The van der Waals surface area contributed by atoms with Crippen molar-refractivity contribution < 1.29 is 33.0 Å². The Labute approximate surface area is 228 Å². The van der Waals surface area contributed by atoms with E-state index in [1.54, 1.807) is 19.3 Å². The Morgan fingerprint density at radius 2 is 1.90 bits per heavy atom. The Bertz CT molecular complexity index is 1490. The van der Waals surface area contributed by atoms with Crippen LogP contribution in [-0.4, -0.2) is 59.2 Å². The first-order chi connectivity index (χ1) is 19.2. The fourth-order valence-electron chi connectivity index (χ4n) is 5.02. The highest BCUT2D eigenvalue weighted by molar-refractivity contribution is 6.06. The van der Waals surface area contributed by atoms with Crippen LogP contribution in [-0.2, 0) is 28.1 Å². The maximum atomic E-state index is 15.4. The molecule has 0 saturated heterocycles. The average molecular weight is 555 g/mol. The van der Waals surface area contributed by atoms with Gasteiger partial charge in [-0.15, -0.1) is 0 Å². The second-order valence-electron chi connectivity index (χ2n) is 9.54. The molecule has 40 heavy (non-hydrogen) atoms. The van der Waals surface area contributed by atoms with Crippen LogP contribution in [0.1, 0.15) is 24.0 Å². The van der Waals surface area contributed by atoms with E-state index < -0.39 is 40.8 Å². The normalized spacial score (nSPS) is 15.9. The number of nitrogens with one attached hydrogen (secondary N) is 2. The number of benzene rings is 1. The largest absolute Gasteiger partial charge is 0.493 e. The summed E-state index contributed by atoms with van der Waals surface area (Å²) in [6.07, 6.45) is 4.10. The lowest BCUT2D eigenvalue weighted by molar-refractivity contribution is -0.121. The van der Waals surface area contributed by atoms with Gasteiger partial charge in [-0.05, 0) is 43.2 Å². The van der Waals surface area contributed by atoms with Crippen LogP contribution >= 0.6 is 0 Å². The first-order valence-corrected chi connectivity index (χ1v) is 12.4. The smallest absolute Gasteiger partial charge is 0.247 e. The summed E-state index contributed by atoms with van der Waals surface area (Å²) in [6.45, 7) is 3.38. The number of halogens is 2. The van der Waals surface area contributed by atoms with Crippen molar-refractivity contribution >= 4 is 23.2 Å². The summed E-state index contributed by atoms with van der Waals surface area (Å²) in [5, 5.41) is 19.9. The summed E-state index contributed by atoms with van der Waals surface area (Å²) in [6, 6.07) is 2.83. The maximum Gasteiger partial charge on any atom is 0.247 e. The molecular formula is C27H28F2N6O5. The van der Waals surface area contributed by atoms with Gasteiger partial charge < -0.3 is 24.8 Å². The number of aliphatic hydroxyl groups is 1. The zero-order valence-corrected chi connectivity index (χ0v) is 22.1. The van der Waals surface area contributed by atoms with Crippen LogP contribution in [0.2, 0.25) is 0 Å². The summed E-state index contributed by atoms with van der Waals surface area (Å²) in [5.41, 5.74) is 0.884. The lowest BCUT2D eigenvalue weighted by Crippen LogP contribution is -2.45. The monoisotopic (exact) mass is 554 g/mol. The second kappa shape index (κ2) is 10.3. The summed E-state index contributed by atoms with van der Waals surface area (Å²) in [5.74, 6) is -3.44. The predicted molar refractivity (Wildman–Crippen MR) is 141 cm³/mol. The number of anilines is 2. The van der Waals surface area contributed by atoms with Gasteiger partial charge in [0.2, 0.25) is 11.8 Å². The van der Waals surface area contributed by atoms with Gasteiger partial charge in [0.15, 0.2) is 23.1 Å². The van der Waals surface area contributed by atoms with Crippen LogP contribution in [0.3, 0.4) is 0 Å². The van der Waals surface area contributed by atoms with E-state index in [4.69, 9.17) is 9.47 Å². The average Bonchev–Trinajstić information content (AvgIpc) is 3.67. The number of aliphatic hydroxyl groups excluding tert-OH is 1. The molecule has 3 aromatic rings. The molecule has 0 radical (unpaired) electrons. The molecule has 1 aliphatic heterocycles. The Morgan fingerprint density at radius 1 is 1.23 bits per heavy atom. The molecule has 1 saturated carbocycles. The van der Waals surface area contributed by atoms with Crippen molar-refractivity contribution in [1.29, 1.82) is 0 Å². The quantitative estimate of drug-likeness (QED) is 0.272. The third-order valence-electron chi connectivity index (χ3n) is 7.26. The molecule has 1 aliphatic carbocycles. The van der Waals surface area contributed by atoms with Gasteiger partial charge in [0, 0.05) is 12.3 Å². The lowest BCUT2D eigenvalue weighted by Gasteiger charge is -2.35. The van der Waals surface area contributed by atoms with E-state index in [2.05, 4.69) is 27.3 Å². The van der Waals surface area contributed by atoms with Crippen molar-refractivity contribution in [3.05, 3.63) is 59.9 Å². The summed E-state index contributed by atoms with van der Waals surface area (Å²) >= 11 is 0. The molecule has 11 nitrogen and oxygen atoms in total. The number of nitrogens with zero attached hydrogens (tertiary/aromatic N) is 4. The number of carbonyl (C=O) groups excluding carboxylic acids is 2. The van der Waals surface area contributed by atoms with Crippen molar-refractivity contribution in [2.45, 2.75) is 37.6 Å². The molecular weight excluding hydrogens is 526 g/mol. The minimum atomic E-state index is -1.01. The zero-order valence-electron chi connectivity index (χ0n) is 22.1. The van der Waals surface area contributed by atoms with Gasteiger partial charge in [-0.2, -0.15) is 5.10 Å². The minimum absolute atomic E-state index is 0.0443. The highest BCUT2D eigenvalue weighted by Gasteiger charge is 2.57. The number of hydrogen-bond acceptors (Lipinski definition) is 8. The van der Waals surface area contributed by atoms with Crippen molar-refractivity contribution in [3.8, 4) is 22.9 Å². The zero-order chi connectivity index (χ0) is 28.8. The number of ether oxygens (including phenoxy) is 2. The van der Waals surface area contributed by atoms with Crippen molar-refractivity contribution in [3.63, 3.8) is 0 Å². The molecule has 3 N–H and O–H groups in total. The van der Waals surface area contributed by atoms with Gasteiger partial charge in [-0.1, -0.05) is 6.58 Å². The van der Waals surface area contributed by atoms with E-state index >= 15 is 8.78 Å². The second-order valence-corrected chi connectivity index (χ2v) is 9.54. The summed E-state index contributed by atoms with van der Waals surface area (Å²) < 4.78 is 42.3. The third-order valence-corrected chi connectivity index (χ3v) is 7.26. The van der Waals surface area contributed by atoms with Gasteiger partial charge in [0.1, 0.15) is 17.6 Å². The molecule has 1 spiro atoms. The predicted octanol–water partition coefficient (Wildman–Crippen LogP) is 2.48. The standard InChI is InChI=1S/C27H28F2N6O5/c1-5-20(36)33-17-11-32-35(13-21(37)30-2)24(17)16-8-15-14(10-31-16)12-34(26(38)27(15)6-7-27)25-22(28)18(39-3)9-19(40-4)23(25)29/h5,8-11,21,30,37H,1,6-7,12-13H2,2-4H3,(H,33,36). The molecule has 2 aromatic heterocycles. The van der Waals surface area contributed by atoms with Crippen LogP contribution in [0.25, 0.3) is 11.4 Å². The van der Waals surface area contributed by atoms with Crippen LogP contribution in [0, 0.1) is 11.6 Å². The highest BCUT2D eigenvalue weighted by atomic mass is 19.1. The molecule has 1 atom stereocenters. The fourth-order valence-corrected chi connectivity index (χ4v) is 5.02. The Balaban J connectivity index is 1.61. The summed E-state index contributed by atoms with van der Waals surface area (Å²) in [4.78, 5) is 31.6. The fraction of sp³-hybridized carbons (Fsp3) is 0.333. The van der Waals surface area contributed by atoms with Crippen molar-refractivity contribution in [2.75, 3.05) is 31.5 Å². The Hall–Kier alpha value is -4.36. The molecule has 2 amide bonds.